The first kappa shape index (κ1) is 22.4. The average molecular weight is 440 g/mol. The van der Waals surface area contributed by atoms with Gasteiger partial charge in [0.05, 0.1) is 11.4 Å². The summed E-state index contributed by atoms with van der Waals surface area (Å²) in [6, 6.07) is 1.74. The molecule has 0 unspecified atom stereocenters. The molecular formula is C20H24F3N5OS. The predicted molar refractivity (Wildman–Crippen MR) is 110 cm³/mol. The van der Waals surface area contributed by atoms with Gasteiger partial charge in [0.1, 0.15) is 5.82 Å². The van der Waals surface area contributed by atoms with Crippen LogP contribution >= 0.6 is 11.8 Å². The zero-order valence-corrected chi connectivity index (χ0v) is 17.4. The molecule has 2 aromatic rings. The van der Waals surface area contributed by atoms with E-state index in [4.69, 9.17) is 0 Å². The maximum atomic E-state index is 13.7. The summed E-state index contributed by atoms with van der Waals surface area (Å²) in [4.78, 5) is 14.6. The van der Waals surface area contributed by atoms with Crippen LogP contribution in [0.3, 0.4) is 0 Å². The Morgan fingerprint density at radius 3 is 2.67 bits per heavy atom. The van der Waals surface area contributed by atoms with Gasteiger partial charge in [0.15, 0.2) is 22.6 Å². The van der Waals surface area contributed by atoms with E-state index in [9.17, 15) is 18.0 Å². The highest BCUT2D eigenvalue weighted by Crippen LogP contribution is 2.22. The molecule has 3 rings (SSSR count). The smallest absolute Gasteiger partial charge is 0.234 e. The highest BCUT2D eigenvalue weighted by atomic mass is 32.2. The van der Waals surface area contributed by atoms with Crippen molar-refractivity contribution in [3.63, 3.8) is 0 Å². The predicted octanol–water partition coefficient (Wildman–Crippen LogP) is 3.64. The highest BCUT2D eigenvalue weighted by Gasteiger charge is 2.18. The number of nitrogens with one attached hydrogen (secondary N) is 1. The number of thioether (sulfide) groups is 1. The summed E-state index contributed by atoms with van der Waals surface area (Å²) in [5.74, 6) is -4.19. The Kier molecular flexibility index (Phi) is 7.92. The van der Waals surface area contributed by atoms with Crippen LogP contribution < -0.4 is 5.32 Å². The number of anilines is 1. The zero-order valence-electron chi connectivity index (χ0n) is 16.5. The number of hydrogen-bond acceptors (Lipinski definition) is 5. The van der Waals surface area contributed by atoms with Crippen molar-refractivity contribution in [1.29, 1.82) is 0 Å². The summed E-state index contributed by atoms with van der Waals surface area (Å²) in [6.45, 7) is 7.35. The number of carbonyl (C=O) groups excluding carboxylic acids is 1. The van der Waals surface area contributed by atoms with Crippen molar-refractivity contribution in [2.45, 2.75) is 37.4 Å². The number of hydrogen-bond donors (Lipinski definition) is 1. The molecule has 1 aliphatic heterocycles. The van der Waals surface area contributed by atoms with Crippen LogP contribution in [-0.2, 0) is 17.8 Å². The molecule has 0 atom stereocenters. The van der Waals surface area contributed by atoms with E-state index < -0.39 is 29.0 Å². The zero-order chi connectivity index (χ0) is 21.5. The Hall–Kier alpha value is -2.33. The van der Waals surface area contributed by atoms with E-state index in [-0.39, 0.29) is 5.75 Å². The molecule has 30 heavy (non-hydrogen) atoms. The van der Waals surface area contributed by atoms with E-state index >= 15 is 0 Å². The summed E-state index contributed by atoms with van der Waals surface area (Å²) < 4.78 is 41.9. The summed E-state index contributed by atoms with van der Waals surface area (Å²) >= 11 is 1.14. The highest BCUT2D eigenvalue weighted by molar-refractivity contribution is 7.99. The molecule has 0 spiro atoms. The number of carbonyl (C=O) groups is 1. The molecule has 0 saturated carbocycles. The van der Waals surface area contributed by atoms with Crippen molar-refractivity contribution in [3.8, 4) is 0 Å². The second kappa shape index (κ2) is 10.6. The number of aromatic nitrogens is 3. The van der Waals surface area contributed by atoms with Gasteiger partial charge in [-0.3, -0.25) is 4.79 Å². The lowest BCUT2D eigenvalue weighted by Gasteiger charge is -2.26. The van der Waals surface area contributed by atoms with E-state index in [1.807, 2.05) is 4.57 Å². The monoisotopic (exact) mass is 439 g/mol. The largest absolute Gasteiger partial charge is 0.323 e. The van der Waals surface area contributed by atoms with Crippen LogP contribution in [-0.4, -0.2) is 51.0 Å². The van der Waals surface area contributed by atoms with Gasteiger partial charge in [-0.15, -0.1) is 16.8 Å². The fourth-order valence-electron chi connectivity index (χ4n) is 3.30. The summed E-state index contributed by atoms with van der Waals surface area (Å²) in [6.07, 6.45) is 6.19. The number of allylic oxidation sites excluding steroid dienone is 1. The Labute approximate surface area is 177 Å². The quantitative estimate of drug-likeness (QED) is 0.367. The standard InChI is InChI=1S/C20H24F3N5OS/c1-2-9-28-16(8-12-27-10-4-3-5-11-27)25-26-20(28)30-13-17(29)24-15-7-6-14(21)18(22)19(15)23/h2,6-7H,1,3-5,8-13H2,(H,24,29). The van der Waals surface area contributed by atoms with Crippen LogP contribution in [0.25, 0.3) is 0 Å². The van der Waals surface area contributed by atoms with Gasteiger partial charge in [0, 0.05) is 19.5 Å². The van der Waals surface area contributed by atoms with Crippen LogP contribution in [0.1, 0.15) is 25.1 Å². The van der Waals surface area contributed by atoms with Crippen LogP contribution in [0.15, 0.2) is 29.9 Å². The number of piperidine rings is 1. The molecule has 0 radical (unpaired) electrons. The van der Waals surface area contributed by atoms with E-state index in [0.29, 0.717) is 11.7 Å². The molecule has 2 heterocycles. The minimum absolute atomic E-state index is 0.0835. The molecule has 6 nitrogen and oxygen atoms in total. The number of benzene rings is 1. The summed E-state index contributed by atoms with van der Waals surface area (Å²) in [5, 5.41) is 11.2. The Balaban J connectivity index is 1.59. The number of likely N-dealkylation sites (tertiary alicyclic amines) is 1. The van der Waals surface area contributed by atoms with Crippen molar-refractivity contribution in [2.75, 3.05) is 30.7 Å². The lowest BCUT2D eigenvalue weighted by atomic mass is 10.1. The fraction of sp³-hybridized carbons (Fsp3) is 0.450. The molecule has 1 amide bonds. The van der Waals surface area contributed by atoms with Gasteiger partial charge < -0.3 is 14.8 Å². The minimum atomic E-state index is -1.62. The van der Waals surface area contributed by atoms with E-state index in [2.05, 4.69) is 27.0 Å². The molecule has 0 bridgehead atoms. The SMILES string of the molecule is C=CCn1c(CCN2CCCCC2)nnc1SCC(=O)Nc1ccc(F)c(F)c1F. The van der Waals surface area contributed by atoms with E-state index in [1.54, 1.807) is 6.08 Å². The lowest BCUT2D eigenvalue weighted by molar-refractivity contribution is -0.113. The summed E-state index contributed by atoms with van der Waals surface area (Å²) in [7, 11) is 0. The fourth-order valence-corrected chi connectivity index (χ4v) is 4.07. The molecule has 1 aromatic carbocycles. The number of nitrogens with zero attached hydrogens (tertiary/aromatic N) is 4. The Morgan fingerprint density at radius 1 is 1.17 bits per heavy atom. The average Bonchev–Trinajstić information content (AvgIpc) is 3.14. The third kappa shape index (κ3) is 5.63. The second-order valence-corrected chi connectivity index (χ2v) is 7.95. The van der Waals surface area contributed by atoms with Gasteiger partial charge in [0.2, 0.25) is 5.91 Å². The molecule has 162 valence electrons. The van der Waals surface area contributed by atoms with Gasteiger partial charge in [-0.05, 0) is 38.1 Å². The van der Waals surface area contributed by atoms with Gasteiger partial charge in [-0.25, -0.2) is 13.2 Å². The van der Waals surface area contributed by atoms with Gasteiger partial charge >= 0.3 is 0 Å². The summed E-state index contributed by atoms with van der Waals surface area (Å²) in [5.41, 5.74) is -0.408. The molecule has 0 aliphatic carbocycles. The molecule has 1 saturated heterocycles. The molecule has 10 heteroatoms. The van der Waals surface area contributed by atoms with Gasteiger partial charge in [-0.2, -0.15) is 0 Å². The maximum absolute atomic E-state index is 13.7. The van der Waals surface area contributed by atoms with Gasteiger partial charge in [0.25, 0.3) is 0 Å². The lowest BCUT2D eigenvalue weighted by Crippen LogP contribution is -2.32. The molecule has 1 fully saturated rings. The van der Waals surface area contributed by atoms with Crippen molar-refractivity contribution in [2.24, 2.45) is 0 Å². The normalized spacial score (nSPS) is 14.6. The molecule has 1 aromatic heterocycles. The maximum Gasteiger partial charge on any atom is 0.234 e. The first-order chi connectivity index (χ1) is 14.5. The van der Waals surface area contributed by atoms with E-state index in [0.717, 1.165) is 55.8 Å². The van der Waals surface area contributed by atoms with E-state index in [1.165, 1.54) is 19.3 Å². The topological polar surface area (TPSA) is 63.1 Å². The minimum Gasteiger partial charge on any atom is -0.323 e. The van der Waals surface area contributed by atoms with Crippen molar-refractivity contribution in [3.05, 3.63) is 48.1 Å². The second-order valence-electron chi connectivity index (χ2n) is 7.01. The van der Waals surface area contributed by atoms with Crippen molar-refractivity contribution in [1.82, 2.24) is 19.7 Å². The molecular weight excluding hydrogens is 415 g/mol. The third-order valence-electron chi connectivity index (χ3n) is 4.85. The van der Waals surface area contributed by atoms with Gasteiger partial charge in [-0.1, -0.05) is 24.3 Å². The Morgan fingerprint density at radius 2 is 1.93 bits per heavy atom. The molecule has 1 aliphatic rings. The number of halogens is 3. The van der Waals surface area contributed by atoms with Crippen LogP contribution in [0.4, 0.5) is 18.9 Å². The number of rotatable bonds is 9. The molecule has 1 N–H and O–H groups in total. The van der Waals surface area contributed by atoms with Crippen LogP contribution in [0.2, 0.25) is 0 Å². The third-order valence-corrected chi connectivity index (χ3v) is 5.81. The number of amides is 1. The van der Waals surface area contributed by atoms with Crippen LogP contribution in [0.5, 0.6) is 0 Å². The van der Waals surface area contributed by atoms with Crippen molar-refractivity contribution >= 4 is 23.4 Å². The van der Waals surface area contributed by atoms with Crippen LogP contribution in [0, 0.1) is 17.5 Å². The first-order valence-corrected chi connectivity index (χ1v) is 10.8. The first-order valence-electron chi connectivity index (χ1n) is 9.81. The Bertz CT molecular complexity index is 899. The van der Waals surface area contributed by atoms with Crippen molar-refractivity contribution < 1.29 is 18.0 Å².